The van der Waals surface area contributed by atoms with Gasteiger partial charge in [0.1, 0.15) is 24.9 Å². The molecule has 0 unspecified atom stereocenters. The van der Waals surface area contributed by atoms with E-state index < -0.39 is 30.2 Å². The first-order valence-corrected chi connectivity index (χ1v) is 11.8. The molecule has 0 radical (unpaired) electrons. The van der Waals surface area contributed by atoms with Crippen LogP contribution in [0.3, 0.4) is 0 Å². The second-order valence-corrected chi connectivity index (χ2v) is 7.77. The maximum absolute atomic E-state index is 12.6. The highest BCUT2D eigenvalue weighted by atomic mass is 16.6. The van der Waals surface area contributed by atoms with Crippen LogP contribution in [0.25, 0.3) is 0 Å². The highest BCUT2D eigenvalue weighted by molar-refractivity contribution is 5.35. The standard InChI is InChI=1S/C24H38N2O10/c1-18-19(6-5-8-32-10-12-34-14-15-35-13-11-33-9-7-27)16-26(24(28)25-18)23-22(31-4)21(30-3)20(36-23)17-29-2/h16,20-23,27H,7-15,17H2,1-4H3/t20-,21-,22-,23-/m1/s1. The Balaban J connectivity index is 1.81. The molecule has 36 heavy (non-hydrogen) atoms. The van der Waals surface area contributed by atoms with Crippen LogP contribution in [0.15, 0.2) is 11.0 Å². The molecule has 1 fully saturated rings. The van der Waals surface area contributed by atoms with Crippen molar-refractivity contribution in [2.75, 3.05) is 87.4 Å². The van der Waals surface area contributed by atoms with E-state index >= 15 is 0 Å². The fraction of sp³-hybridized carbons (Fsp3) is 0.750. The van der Waals surface area contributed by atoms with Gasteiger partial charge in [-0.3, -0.25) is 4.57 Å². The highest BCUT2D eigenvalue weighted by Crippen LogP contribution is 2.32. The van der Waals surface area contributed by atoms with E-state index in [0.717, 1.165) is 0 Å². The molecule has 12 nitrogen and oxygen atoms in total. The smallest absolute Gasteiger partial charge is 0.350 e. The number of aliphatic hydroxyl groups excluding tert-OH is 1. The molecule has 0 spiro atoms. The minimum atomic E-state index is -0.730. The molecule has 0 bridgehead atoms. The molecule has 204 valence electrons. The summed E-state index contributed by atoms with van der Waals surface area (Å²) in [6, 6.07) is 0. The predicted octanol–water partition coefficient (Wildman–Crippen LogP) is -0.464. The number of aryl methyl sites for hydroxylation is 1. The first kappa shape index (κ1) is 30.3. The maximum Gasteiger partial charge on any atom is 0.350 e. The summed E-state index contributed by atoms with van der Waals surface area (Å²) in [5.74, 6) is 5.93. The van der Waals surface area contributed by atoms with E-state index in [4.69, 9.17) is 43.0 Å². The second kappa shape index (κ2) is 17.5. The Morgan fingerprint density at radius 1 is 0.972 bits per heavy atom. The lowest BCUT2D eigenvalue weighted by Gasteiger charge is -2.22. The molecule has 4 atom stereocenters. The van der Waals surface area contributed by atoms with Gasteiger partial charge in [0.15, 0.2) is 6.23 Å². The average Bonchev–Trinajstić information content (AvgIpc) is 3.22. The van der Waals surface area contributed by atoms with Crippen LogP contribution in [0.4, 0.5) is 0 Å². The third-order valence-electron chi connectivity index (χ3n) is 5.33. The van der Waals surface area contributed by atoms with Gasteiger partial charge < -0.3 is 43.0 Å². The SMILES string of the molecule is COC[C@H]1O[C@@H](n2cc(C#CCOCCOCCOCCOCCO)c(C)nc2=O)[C@H](OC)[C@@H]1OC. The van der Waals surface area contributed by atoms with Crippen molar-refractivity contribution in [3.63, 3.8) is 0 Å². The summed E-state index contributed by atoms with van der Waals surface area (Å²) in [6.07, 6.45) is -0.437. The van der Waals surface area contributed by atoms with E-state index in [1.807, 2.05) is 0 Å². The Bertz CT molecular complexity index is 869. The van der Waals surface area contributed by atoms with Gasteiger partial charge in [0, 0.05) is 27.5 Å². The molecule has 0 aliphatic carbocycles. The van der Waals surface area contributed by atoms with Gasteiger partial charge in [-0.25, -0.2) is 4.79 Å². The van der Waals surface area contributed by atoms with Gasteiger partial charge >= 0.3 is 5.69 Å². The molecule has 2 heterocycles. The van der Waals surface area contributed by atoms with Gasteiger partial charge in [-0.15, -0.1) is 0 Å². The van der Waals surface area contributed by atoms with Gasteiger partial charge in [-0.05, 0) is 6.92 Å². The monoisotopic (exact) mass is 514 g/mol. The number of aliphatic hydroxyl groups is 1. The van der Waals surface area contributed by atoms with Crippen LogP contribution in [0.2, 0.25) is 0 Å². The molecule has 0 amide bonds. The normalized spacial score (nSPS) is 21.5. The summed E-state index contributed by atoms with van der Waals surface area (Å²) >= 11 is 0. The molecule has 1 aromatic rings. The zero-order valence-electron chi connectivity index (χ0n) is 21.5. The zero-order chi connectivity index (χ0) is 26.2. The Kier molecular flexibility index (Phi) is 14.7. The summed E-state index contributed by atoms with van der Waals surface area (Å²) in [7, 11) is 4.68. The number of aromatic nitrogens is 2. The maximum atomic E-state index is 12.6. The summed E-state index contributed by atoms with van der Waals surface area (Å²) in [4.78, 5) is 16.7. The molecule has 12 heteroatoms. The Morgan fingerprint density at radius 2 is 1.58 bits per heavy atom. The van der Waals surface area contributed by atoms with Crippen molar-refractivity contribution < 1.29 is 43.0 Å². The number of nitrogens with zero attached hydrogens (tertiary/aromatic N) is 2. The van der Waals surface area contributed by atoms with Crippen molar-refractivity contribution >= 4 is 0 Å². The summed E-state index contributed by atoms with van der Waals surface area (Å²) in [5.41, 5.74) is 0.628. The number of hydrogen-bond donors (Lipinski definition) is 1. The fourth-order valence-electron chi connectivity index (χ4n) is 3.60. The summed E-state index contributed by atoms with van der Waals surface area (Å²) in [6.45, 7) is 5.13. The molecule has 0 saturated carbocycles. The molecular formula is C24H38N2O10. The molecular weight excluding hydrogens is 476 g/mol. The Labute approximate surface area is 211 Å². The first-order chi connectivity index (χ1) is 17.6. The first-order valence-electron chi connectivity index (χ1n) is 11.8. The van der Waals surface area contributed by atoms with Crippen molar-refractivity contribution in [3.05, 3.63) is 27.9 Å². The van der Waals surface area contributed by atoms with Crippen LogP contribution >= 0.6 is 0 Å². The molecule has 1 N–H and O–H groups in total. The van der Waals surface area contributed by atoms with Crippen molar-refractivity contribution in [1.82, 2.24) is 9.55 Å². The van der Waals surface area contributed by atoms with Crippen molar-refractivity contribution in [1.29, 1.82) is 0 Å². The second-order valence-electron chi connectivity index (χ2n) is 7.77. The van der Waals surface area contributed by atoms with E-state index in [9.17, 15) is 4.79 Å². The lowest BCUT2D eigenvalue weighted by Crippen LogP contribution is -2.39. The van der Waals surface area contributed by atoms with Gasteiger partial charge in [0.05, 0.1) is 70.7 Å². The van der Waals surface area contributed by atoms with Crippen LogP contribution < -0.4 is 5.69 Å². The van der Waals surface area contributed by atoms with E-state index in [-0.39, 0.29) is 13.2 Å². The van der Waals surface area contributed by atoms with E-state index in [2.05, 4.69) is 16.8 Å². The quantitative estimate of drug-likeness (QED) is 0.214. The van der Waals surface area contributed by atoms with Crippen LogP contribution in [0.5, 0.6) is 0 Å². The minimum absolute atomic E-state index is 0.00555. The third kappa shape index (κ3) is 9.51. The summed E-state index contributed by atoms with van der Waals surface area (Å²) in [5, 5.41) is 8.59. The fourth-order valence-corrected chi connectivity index (χ4v) is 3.60. The van der Waals surface area contributed by atoms with E-state index in [1.165, 1.54) is 4.57 Å². The van der Waals surface area contributed by atoms with Crippen LogP contribution in [0.1, 0.15) is 17.5 Å². The van der Waals surface area contributed by atoms with Crippen LogP contribution in [-0.2, 0) is 37.9 Å². The van der Waals surface area contributed by atoms with Gasteiger partial charge in [-0.2, -0.15) is 4.98 Å². The predicted molar refractivity (Wildman–Crippen MR) is 128 cm³/mol. The third-order valence-corrected chi connectivity index (χ3v) is 5.33. The largest absolute Gasteiger partial charge is 0.394 e. The topological polar surface area (TPSA) is 129 Å². The lowest BCUT2D eigenvalue weighted by molar-refractivity contribution is -0.0673. The summed E-state index contributed by atoms with van der Waals surface area (Å²) < 4.78 is 45.1. The van der Waals surface area contributed by atoms with Crippen molar-refractivity contribution in [2.45, 2.75) is 31.5 Å². The average molecular weight is 515 g/mol. The van der Waals surface area contributed by atoms with Crippen LogP contribution in [-0.4, -0.2) is 120 Å². The molecule has 2 rings (SSSR count). The Hall–Kier alpha value is -1.92. The molecule has 1 aliphatic heterocycles. The molecule has 1 aliphatic rings. The van der Waals surface area contributed by atoms with Crippen molar-refractivity contribution in [2.24, 2.45) is 0 Å². The highest BCUT2D eigenvalue weighted by Gasteiger charge is 2.46. The van der Waals surface area contributed by atoms with E-state index in [0.29, 0.717) is 64.1 Å². The molecule has 1 aromatic heterocycles. The zero-order valence-corrected chi connectivity index (χ0v) is 21.5. The van der Waals surface area contributed by atoms with Crippen LogP contribution in [0, 0.1) is 18.8 Å². The van der Waals surface area contributed by atoms with Gasteiger partial charge in [-0.1, -0.05) is 11.8 Å². The number of ether oxygens (including phenoxy) is 8. The minimum Gasteiger partial charge on any atom is -0.394 e. The number of rotatable bonds is 17. The van der Waals surface area contributed by atoms with E-state index in [1.54, 1.807) is 34.4 Å². The lowest BCUT2D eigenvalue weighted by atomic mass is 10.1. The van der Waals surface area contributed by atoms with Gasteiger partial charge in [0.2, 0.25) is 0 Å². The molecule has 1 saturated heterocycles. The number of methoxy groups -OCH3 is 3. The van der Waals surface area contributed by atoms with Crippen molar-refractivity contribution in [3.8, 4) is 11.8 Å². The molecule has 0 aromatic carbocycles. The Morgan fingerprint density at radius 3 is 2.17 bits per heavy atom. The number of hydrogen-bond acceptors (Lipinski definition) is 11. The van der Waals surface area contributed by atoms with Gasteiger partial charge in [0.25, 0.3) is 0 Å².